The maximum atomic E-state index is 15.7. The van der Waals surface area contributed by atoms with E-state index in [4.69, 9.17) is 65.4 Å². The molecule has 4 aromatic rings. The molecule has 86 heavy (non-hydrogen) atoms. The highest BCUT2D eigenvalue weighted by Crippen LogP contribution is 2.68. The molecule has 14 nitrogen and oxygen atoms in total. The summed E-state index contributed by atoms with van der Waals surface area (Å²) < 4.78 is 21.6. The molecule has 0 aliphatic heterocycles. The van der Waals surface area contributed by atoms with E-state index in [-0.39, 0.29) is 106 Å². The van der Waals surface area contributed by atoms with Gasteiger partial charge in [-0.1, -0.05) is 106 Å². The van der Waals surface area contributed by atoms with Crippen LogP contribution in [0.2, 0.25) is 20.1 Å². The van der Waals surface area contributed by atoms with Crippen molar-refractivity contribution in [3.63, 3.8) is 0 Å². The van der Waals surface area contributed by atoms with Gasteiger partial charge in [-0.05, 0) is 211 Å². The van der Waals surface area contributed by atoms with E-state index in [0.29, 0.717) is 76.9 Å². The summed E-state index contributed by atoms with van der Waals surface area (Å²) in [7, 11) is 5.22. The van der Waals surface area contributed by atoms with E-state index in [2.05, 4.69) is 34.6 Å². The summed E-state index contributed by atoms with van der Waals surface area (Å²) in [6, 6.07) is 11.3. The molecule has 4 aliphatic carbocycles. The van der Waals surface area contributed by atoms with E-state index in [1.165, 1.54) is 116 Å². The molecule has 4 saturated carbocycles. The molecule has 4 aromatic carbocycles. The number of hydrogen-bond acceptors (Lipinski definition) is 9. The fourth-order valence-corrected chi connectivity index (χ4v) is 17.3. The van der Waals surface area contributed by atoms with Crippen molar-refractivity contribution in [2.45, 2.75) is 137 Å². The van der Waals surface area contributed by atoms with Gasteiger partial charge in [-0.3, -0.25) is 4.79 Å². The highest BCUT2D eigenvalue weighted by Gasteiger charge is 2.61. The van der Waals surface area contributed by atoms with Gasteiger partial charge in [-0.15, -0.1) is 0 Å². The van der Waals surface area contributed by atoms with Crippen LogP contribution in [0.1, 0.15) is 195 Å². The number of carbonyl (C=O) groups is 5. The van der Waals surface area contributed by atoms with Crippen LogP contribution in [0.5, 0.6) is 23.0 Å². The van der Waals surface area contributed by atoms with E-state index in [9.17, 15) is 39.6 Å². The van der Waals surface area contributed by atoms with E-state index in [1.807, 2.05) is 11.0 Å². The topological polar surface area (TPSA) is 206 Å². The van der Waals surface area contributed by atoms with Crippen LogP contribution in [-0.4, -0.2) is 96.1 Å². The van der Waals surface area contributed by atoms with Crippen molar-refractivity contribution in [3.8, 4) is 23.0 Å². The number of rotatable bonds is 24. The summed E-state index contributed by atoms with van der Waals surface area (Å²) in [4.78, 5) is 68.3. The van der Waals surface area contributed by atoms with Gasteiger partial charge in [-0.25, -0.2) is 19.2 Å². The van der Waals surface area contributed by atoms with E-state index in [0.717, 1.165) is 38.0 Å². The summed E-state index contributed by atoms with van der Waals surface area (Å²) in [5.74, 6) is -1.48. The first-order valence-corrected chi connectivity index (χ1v) is 31.5. The molecule has 0 radical (unpaired) electrons. The van der Waals surface area contributed by atoms with Gasteiger partial charge in [0.05, 0.1) is 48.5 Å². The number of allylic oxidation sites excluding steroid dienone is 1. The maximum absolute atomic E-state index is 15.7. The number of benzene rings is 4. The van der Waals surface area contributed by atoms with Crippen LogP contribution in [0.4, 0.5) is 0 Å². The van der Waals surface area contributed by atoms with Gasteiger partial charge in [-0.2, -0.15) is 0 Å². The SMILES string of the molecule is COc1c(Cl)cc(C(=CCCCCN(C(=O)C=C(c2cc(Cl)c(OC)c(C(=O)O)c2)c2cc(Cl)c(OC)c(C(=O)O)c2)[C@H]2CC[C@@]3(C)[C@@H](CC[C@@H]4[C@@H]3CC[C@]3(C)[C@@H](C(C)CCCC(C)C)CC[C@@H]43)C2)c2cc(Cl)c(OC)c(C(=O)O)c2)cc1C(=O)O. The number of unbranched alkanes of at least 4 members (excludes halogenated alkanes) is 2. The van der Waals surface area contributed by atoms with Crippen molar-refractivity contribution in [3.05, 3.63) is 125 Å². The summed E-state index contributed by atoms with van der Waals surface area (Å²) >= 11 is 26.8. The minimum atomic E-state index is -1.34. The van der Waals surface area contributed by atoms with Crippen LogP contribution >= 0.6 is 46.4 Å². The smallest absolute Gasteiger partial charge is 0.339 e. The van der Waals surface area contributed by atoms with Crippen molar-refractivity contribution in [1.29, 1.82) is 0 Å². The molecule has 0 bridgehead atoms. The Balaban J connectivity index is 1.16. The average molecular weight is 1260 g/mol. The van der Waals surface area contributed by atoms with Crippen LogP contribution in [0.3, 0.4) is 0 Å². The molecule has 4 N–H and O–H groups in total. The highest BCUT2D eigenvalue weighted by atomic mass is 35.5. The van der Waals surface area contributed by atoms with Crippen LogP contribution in [-0.2, 0) is 4.79 Å². The van der Waals surface area contributed by atoms with Crippen molar-refractivity contribution in [2.75, 3.05) is 35.0 Å². The first-order valence-electron chi connectivity index (χ1n) is 30.0. The number of aromatic carboxylic acids is 4. The third-order valence-electron chi connectivity index (χ3n) is 20.2. The van der Waals surface area contributed by atoms with Crippen LogP contribution in [0, 0.1) is 52.3 Å². The molecule has 464 valence electrons. The quantitative estimate of drug-likeness (QED) is 0.0381. The molecule has 8 rings (SSSR count). The Morgan fingerprint density at radius 3 is 1.44 bits per heavy atom. The zero-order valence-electron chi connectivity index (χ0n) is 50.6. The summed E-state index contributed by atoms with van der Waals surface area (Å²) in [6.07, 6.45) is 18.2. The fourth-order valence-electron chi connectivity index (χ4n) is 16.1. The van der Waals surface area contributed by atoms with Crippen molar-refractivity contribution >= 4 is 87.3 Å². The van der Waals surface area contributed by atoms with Gasteiger partial charge in [0.25, 0.3) is 0 Å². The van der Waals surface area contributed by atoms with E-state index < -0.39 is 23.9 Å². The molecule has 1 unspecified atom stereocenters. The molecule has 4 aliphatic rings. The van der Waals surface area contributed by atoms with Gasteiger partial charge < -0.3 is 44.3 Å². The van der Waals surface area contributed by atoms with Gasteiger partial charge in [0.2, 0.25) is 5.91 Å². The number of amides is 1. The minimum absolute atomic E-state index is 0.0175. The Hall–Kier alpha value is -5.93. The summed E-state index contributed by atoms with van der Waals surface area (Å²) in [5, 5.41) is 41.2. The van der Waals surface area contributed by atoms with Gasteiger partial charge in [0.1, 0.15) is 22.3 Å². The lowest BCUT2D eigenvalue weighted by Gasteiger charge is -2.62. The lowest BCUT2D eigenvalue weighted by Crippen LogP contribution is -2.56. The molecule has 0 spiro atoms. The number of carboxylic acids is 4. The molecule has 1 amide bonds. The number of methoxy groups -OCH3 is 4. The second kappa shape index (κ2) is 27.6. The molecule has 0 heterocycles. The lowest BCUT2D eigenvalue weighted by molar-refractivity contribution is -0.139. The second-order valence-corrected chi connectivity index (χ2v) is 26.8. The summed E-state index contributed by atoms with van der Waals surface area (Å²) in [6.45, 7) is 12.6. The number of halogens is 4. The number of hydrogen-bond donors (Lipinski definition) is 4. The highest BCUT2D eigenvalue weighted by molar-refractivity contribution is 6.34. The third kappa shape index (κ3) is 13.4. The predicted molar refractivity (Wildman–Crippen MR) is 336 cm³/mol. The molecular formula is C68H81Cl4NO13. The molecule has 9 atom stereocenters. The third-order valence-corrected chi connectivity index (χ3v) is 21.3. The average Bonchev–Trinajstić information content (AvgIpc) is 1.35. The Morgan fingerprint density at radius 2 is 1.00 bits per heavy atom. The summed E-state index contributed by atoms with van der Waals surface area (Å²) in [5.41, 5.74) is 1.15. The second-order valence-electron chi connectivity index (χ2n) is 25.2. The number of carbonyl (C=O) groups excluding carboxylic acids is 1. The van der Waals surface area contributed by atoms with Gasteiger partial charge >= 0.3 is 23.9 Å². The van der Waals surface area contributed by atoms with Crippen LogP contribution < -0.4 is 18.9 Å². The standard InChI is InChI=1S/C68H81Cl4NO13/c1-36(2)14-13-15-37(3)51-19-20-52-45-18-17-42-34-43(21-23-67(42,4)53(45)22-24-68(51,52)5)73(58(74)35-46(40-28-49(65(79)80)61(85-8)56(71)32-40)41-29-50(66(81)82)62(86-9)57(72)33-41)25-12-10-11-16-44(38-26-47(63(75)76)59(83-6)54(69)30-38)39-27-48(64(77)78)60(84-7)55(70)31-39/h16,26-33,35-37,42-43,45,51-53H,10-15,17-25,34H2,1-9H3,(H,75,76)(H,77,78)(H,79,80)(H,81,82)/t37?,42-,43-,45-,51+,52-,53-,67-,68+/m0/s1. The number of nitrogens with zero attached hydrogens (tertiary/aromatic N) is 1. The largest absolute Gasteiger partial charge is 0.494 e. The Kier molecular flexibility index (Phi) is 21.2. The fraction of sp³-hybridized carbons (Fsp3) is 0.515. The monoisotopic (exact) mass is 1260 g/mol. The Morgan fingerprint density at radius 1 is 0.558 bits per heavy atom. The Bertz CT molecular complexity index is 3170. The number of ether oxygens (including phenoxy) is 4. The Labute approximate surface area is 525 Å². The van der Waals surface area contributed by atoms with Crippen LogP contribution in [0.25, 0.3) is 11.1 Å². The minimum Gasteiger partial charge on any atom is -0.494 e. The maximum Gasteiger partial charge on any atom is 0.339 e. The van der Waals surface area contributed by atoms with E-state index >= 15 is 4.79 Å². The molecular weight excluding hydrogens is 1180 g/mol. The zero-order chi connectivity index (χ0) is 62.7. The zero-order valence-corrected chi connectivity index (χ0v) is 53.7. The molecule has 4 fully saturated rings. The lowest BCUT2D eigenvalue weighted by atomic mass is 9.44. The number of fused-ring (bicyclic) bond motifs is 5. The first kappa shape index (κ1) is 66.0. The number of carboxylic acid groups (broad SMARTS) is 4. The van der Waals surface area contributed by atoms with Gasteiger partial charge in [0, 0.05) is 18.7 Å². The molecule has 18 heteroatoms. The predicted octanol–water partition coefficient (Wildman–Crippen LogP) is 17.2. The first-order chi connectivity index (χ1) is 40.8. The van der Waals surface area contributed by atoms with Gasteiger partial charge in [0.15, 0.2) is 23.0 Å². The van der Waals surface area contributed by atoms with E-state index in [1.54, 1.807) is 12.1 Å². The molecule has 0 saturated heterocycles. The normalized spacial score (nSPS) is 23.4. The van der Waals surface area contributed by atoms with Crippen molar-refractivity contribution < 1.29 is 63.3 Å². The van der Waals surface area contributed by atoms with Crippen molar-refractivity contribution in [1.82, 2.24) is 4.90 Å². The molecule has 0 aromatic heterocycles. The van der Waals surface area contributed by atoms with Crippen LogP contribution in [0.15, 0.2) is 60.7 Å². The van der Waals surface area contributed by atoms with Crippen molar-refractivity contribution in [2.24, 2.45) is 52.3 Å².